The molecule has 9 heavy (non-hydrogen) atoms. The molecule has 1 radical (unpaired) electrons. The van der Waals surface area contributed by atoms with E-state index in [0.717, 1.165) is 0 Å². The van der Waals surface area contributed by atoms with E-state index >= 15 is 0 Å². The SMILES string of the molecule is O[B]O.c1cc2ccc1-2. The average Bonchev–Trinajstić information content (AvgIpc) is 1.81. The first-order chi connectivity index (χ1) is 4.38. The summed E-state index contributed by atoms with van der Waals surface area (Å²) in [6, 6.07) is 8.48. The van der Waals surface area contributed by atoms with E-state index in [1.807, 2.05) is 0 Å². The Hall–Kier alpha value is -0.795. The molecule has 0 aliphatic heterocycles. The molecule has 0 bridgehead atoms. The number of rotatable bonds is 0. The highest BCUT2D eigenvalue weighted by Gasteiger charge is 2.03. The molecule has 0 spiro atoms. The van der Waals surface area contributed by atoms with Crippen LogP contribution in [0.5, 0.6) is 0 Å². The van der Waals surface area contributed by atoms with Crippen molar-refractivity contribution in [3.8, 4) is 11.1 Å². The first-order valence-electron chi connectivity index (χ1n) is 2.59. The second kappa shape index (κ2) is 2.66. The first kappa shape index (κ1) is 6.33. The van der Waals surface area contributed by atoms with Gasteiger partial charge in [0.05, 0.1) is 0 Å². The molecule has 0 amide bonds. The van der Waals surface area contributed by atoms with Crippen molar-refractivity contribution in [2.45, 2.75) is 0 Å². The molecule has 0 saturated heterocycles. The van der Waals surface area contributed by atoms with Crippen molar-refractivity contribution in [1.29, 1.82) is 0 Å². The predicted molar refractivity (Wildman–Crippen MR) is 35.6 cm³/mol. The Labute approximate surface area is 54.1 Å². The van der Waals surface area contributed by atoms with E-state index in [2.05, 4.69) is 24.3 Å². The molecule has 3 heteroatoms. The van der Waals surface area contributed by atoms with Crippen LogP contribution in [-0.2, 0) is 0 Å². The third-order valence-corrected chi connectivity index (χ3v) is 1.22. The Balaban J connectivity index is 0.000000120. The van der Waals surface area contributed by atoms with E-state index in [-0.39, 0.29) is 7.69 Å². The lowest BCUT2D eigenvalue weighted by atomic mass is 9.95. The Kier molecular flexibility index (Phi) is 1.87. The standard InChI is InChI=1S/C6H4.BH2O2/c1-2-6-4-3-5(1)6;2-1-3/h1-4H;2-3H. The first-order valence-corrected chi connectivity index (χ1v) is 2.59. The van der Waals surface area contributed by atoms with Crippen molar-refractivity contribution in [3.63, 3.8) is 0 Å². The minimum atomic E-state index is 0. The van der Waals surface area contributed by atoms with Crippen LogP contribution >= 0.6 is 0 Å². The van der Waals surface area contributed by atoms with Crippen LogP contribution in [0.3, 0.4) is 0 Å². The summed E-state index contributed by atoms with van der Waals surface area (Å²) in [4.78, 5) is 0. The maximum Gasteiger partial charge on any atom is 0.482 e. The molecule has 45 valence electrons. The maximum atomic E-state index is 7.00. The van der Waals surface area contributed by atoms with Gasteiger partial charge in [-0.3, -0.25) is 0 Å². The van der Waals surface area contributed by atoms with Gasteiger partial charge < -0.3 is 10.0 Å². The van der Waals surface area contributed by atoms with E-state index in [1.54, 1.807) is 0 Å². The molecule has 0 saturated carbocycles. The van der Waals surface area contributed by atoms with Gasteiger partial charge in [0.15, 0.2) is 0 Å². The van der Waals surface area contributed by atoms with Crippen LogP contribution in [0.25, 0.3) is 11.1 Å². The molecule has 0 aromatic rings. The summed E-state index contributed by atoms with van der Waals surface area (Å²) in [5.74, 6) is 0. The zero-order valence-corrected chi connectivity index (χ0v) is 4.78. The van der Waals surface area contributed by atoms with Crippen LogP contribution in [0.4, 0.5) is 0 Å². The molecule has 0 atom stereocenters. The van der Waals surface area contributed by atoms with Crippen molar-refractivity contribution in [2.75, 3.05) is 0 Å². The Morgan fingerprint density at radius 2 is 1.11 bits per heavy atom. The van der Waals surface area contributed by atoms with E-state index in [4.69, 9.17) is 10.0 Å². The summed E-state index contributed by atoms with van der Waals surface area (Å²) < 4.78 is 0. The lowest BCUT2D eigenvalue weighted by molar-refractivity contribution is 0.448. The molecule has 2 nitrogen and oxygen atoms in total. The number of hydrogen-bond donors (Lipinski definition) is 2. The zero-order chi connectivity index (χ0) is 6.69. The van der Waals surface area contributed by atoms with Crippen LogP contribution in [0.2, 0.25) is 0 Å². The second-order valence-electron chi connectivity index (χ2n) is 1.69. The topological polar surface area (TPSA) is 40.5 Å². The molecule has 0 heterocycles. The van der Waals surface area contributed by atoms with E-state index < -0.39 is 0 Å². The minimum Gasteiger partial charge on any atom is -0.429 e. The molecule has 2 aliphatic carbocycles. The fraction of sp³-hybridized carbons (Fsp3) is 0. The van der Waals surface area contributed by atoms with Gasteiger partial charge in [-0.2, -0.15) is 0 Å². The highest BCUT2D eigenvalue weighted by Crippen LogP contribution is 2.29. The molecule has 0 unspecified atom stereocenters. The fourth-order valence-corrected chi connectivity index (χ4v) is 0.663. The normalized spacial score (nSPS) is 9.11. The zero-order valence-electron chi connectivity index (χ0n) is 4.78. The number of hydrogen-bond acceptors (Lipinski definition) is 2. The van der Waals surface area contributed by atoms with Crippen molar-refractivity contribution in [1.82, 2.24) is 0 Å². The quantitative estimate of drug-likeness (QED) is 0.487. The van der Waals surface area contributed by atoms with E-state index in [1.165, 1.54) is 11.1 Å². The van der Waals surface area contributed by atoms with E-state index in [0.29, 0.717) is 0 Å². The largest absolute Gasteiger partial charge is 0.482 e. The lowest BCUT2D eigenvalue weighted by Crippen LogP contribution is -1.85. The molecule has 2 aliphatic rings. The molecule has 2 N–H and O–H groups in total. The van der Waals surface area contributed by atoms with Crippen molar-refractivity contribution >= 4 is 7.69 Å². The van der Waals surface area contributed by atoms with Gasteiger partial charge in [-0.25, -0.2) is 0 Å². The van der Waals surface area contributed by atoms with Gasteiger partial charge in [-0.05, 0) is 11.1 Å². The van der Waals surface area contributed by atoms with E-state index in [9.17, 15) is 0 Å². The Morgan fingerprint density at radius 3 is 1.11 bits per heavy atom. The minimum absolute atomic E-state index is 0. The van der Waals surface area contributed by atoms with Crippen molar-refractivity contribution < 1.29 is 10.0 Å². The second-order valence-corrected chi connectivity index (χ2v) is 1.69. The van der Waals surface area contributed by atoms with Crippen LogP contribution in [0.1, 0.15) is 0 Å². The molecular weight excluding hydrogens is 115 g/mol. The molecule has 0 aromatic carbocycles. The summed E-state index contributed by atoms with van der Waals surface area (Å²) in [5, 5.41) is 14.0. The van der Waals surface area contributed by atoms with Crippen LogP contribution in [0.15, 0.2) is 24.3 Å². The summed E-state index contributed by atoms with van der Waals surface area (Å²) in [7, 11) is 0. The van der Waals surface area contributed by atoms with Crippen LogP contribution < -0.4 is 0 Å². The summed E-state index contributed by atoms with van der Waals surface area (Å²) in [6.07, 6.45) is 0. The van der Waals surface area contributed by atoms with Crippen molar-refractivity contribution in [2.24, 2.45) is 0 Å². The smallest absolute Gasteiger partial charge is 0.429 e. The average molecular weight is 121 g/mol. The Bertz CT molecular complexity index is 162. The monoisotopic (exact) mass is 121 g/mol. The molecular formula is C6H6BO2. The van der Waals surface area contributed by atoms with Gasteiger partial charge in [-0.15, -0.1) is 0 Å². The molecule has 0 fully saturated rings. The van der Waals surface area contributed by atoms with Crippen molar-refractivity contribution in [3.05, 3.63) is 24.3 Å². The molecule has 0 aromatic heterocycles. The predicted octanol–water partition coefficient (Wildman–Crippen LogP) is 0.172. The van der Waals surface area contributed by atoms with Crippen LogP contribution in [-0.4, -0.2) is 17.7 Å². The number of fused-ring (bicyclic) bond motifs is 1. The molecule has 2 rings (SSSR count). The summed E-state index contributed by atoms with van der Waals surface area (Å²) in [6.45, 7) is 0. The third-order valence-electron chi connectivity index (χ3n) is 1.22. The highest BCUT2D eigenvalue weighted by molar-refractivity contribution is 6.13. The van der Waals surface area contributed by atoms with Gasteiger partial charge >= 0.3 is 7.69 Å². The van der Waals surface area contributed by atoms with Gasteiger partial charge in [0.1, 0.15) is 0 Å². The van der Waals surface area contributed by atoms with Gasteiger partial charge in [0, 0.05) is 0 Å². The number of benzene rings is 1. The Morgan fingerprint density at radius 1 is 0.889 bits per heavy atom. The van der Waals surface area contributed by atoms with Gasteiger partial charge in [0.2, 0.25) is 0 Å². The van der Waals surface area contributed by atoms with Gasteiger partial charge in [0.25, 0.3) is 0 Å². The van der Waals surface area contributed by atoms with Crippen LogP contribution in [0, 0.1) is 0 Å². The van der Waals surface area contributed by atoms with Gasteiger partial charge in [-0.1, -0.05) is 24.3 Å². The maximum absolute atomic E-state index is 7.00. The third kappa shape index (κ3) is 1.12. The summed E-state index contributed by atoms with van der Waals surface area (Å²) >= 11 is 0. The fourth-order valence-electron chi connectivity index (χ4n) is 0.663. The summed E-state index contributed by atoms with van der Waals surface area (Å²) in [5.41, 5.74) is 2.85. The highest BCUT2D eigenvalue weighted by atomic mass is 16.4. The lowest BCUT2D eigenvalue weighted by Gasteiger charge is -2.10.